The van der Waals surface area contributed by atoms with Crippen LogP contribution < -0.4 is 26.0 Å². The van der Waals surface area contributed by atoms with Gasteiger partial charge in [-0.25, -0.2) is 0 Å². The fourth-order valence-corrected chi connectivity index (χ4v) is 6.60. The third kappa shape index (κ3) is 12.0. The molecule has 2 aromatic carbocycles. The number of carbonyl (C=O) groups is 7. The number of benzene rings is 2. The van der Waals surface area contributed by atoms with Gasteiger partial charge in [-0.3, -0.25) is 33.6 Å². The number of Topliss-reactive ketones (excluding diaryl/α,β-unsaturated/α-hetero) is 1. The highest BCUT2D eigenvalue weighted by Crippen LogP contribution is 2.28. The zero-order chi connectivity index (χ0) is 40.3. The summed E-state index contributed by atoms with van der Waals surface area (Å²) >= 11 is 4.22. The van der Waals surface area contributed by atoms with Gasteiger partial charge in [0.15, 0.2) is 0 Å². The summed E-state index contributed by atoms with van der Waals surface area (Å²) in [6, 6.07) is 11.3. The number of rotatable bonds is 11. The fourth-order valence-electron chi connectivity index (χ4n) is 6.34. The van der Waals surface area contributed by atoms with Crippen LogP contribution in [-0.2, 0) is 44.7 Å². The Hall–Kier alpha value is -4.96. The van der Waals surface area contributed by atoms with E-state index in [1.807, 2.05) is 20.8 Å². The summed E-state index contributed by atoms with van der Waals surface area (Å²) in [6.07, 6.45) is 0.0782. The fraction of sp³-hybridized carbons (Fsp3) is 0.513. The Labute approximate surface area is 327 Å². The Balaban J connectivity index is 1.47. The van der Waals surface area contributed by atoms with Crippen LogP contribution in [0, 0.1) is 5.41 Å². The molecule has 4 N–H and O–H groups in total. The molecule has 0 radical (unpaired) electrons. The van der Waals surface area contributed by atoms with E-state index in [4.69, 9.17) is 9.47 Å². The van der Waals surface area contributed by atoms with Crippen LogP contribution in [0.3, 0.4) is 0 Å². The highest BCUT2D eigenvalue weighted by atomic mass is 32.1. The van der Waals surface area contributed by atoms with Crippen LogP contribution in [0.4, 0.5) is 0 Å². The van der Waals surface area contributed by atoms with Gasteiger partial charge >= 0.3 is 0 Å². The lowest BCUT2D eigenvalue weighted by molar-refractivity contribution is -0.145. The number of nitrogens with zero attached hydrogens (tertiary/aromatic N) is 2. The number of hydrogen-bond donors (Lipinski definition) is 5. The molecule has 0 aromatic heterocycles. The molecule has 0 saturated carbocycles. The highest BCUT2D eigenvalue weighted by Gasteiger charge is 2.46. The third-order valence-electron chi connectivity index (χ3n) is 9.25. The molecule has 6 amide bonds. The summed E-state index contributed by atoms with van der Waals surface area (Å²) in [4.78, 5) is 96.4. The van der Waals surface area contributed by atoms with Gasteiger partial charge in [0, 0.05) is 33.5 Å². The molecular formula is C39H52N6O9S. The average molecular weight is 781 g/mol. The number of nitrogens with one attached hydrogen (secondary N) is 4. The van der Waals surface area contributed by atoms with Crippen molar-refractivity contribution in [2.45, 2.75) is 76.7 Å². The van der Waals surface area contributed by atoms with E-state index in [2.05, 4.69) is 33.9 Å². The predicted molar refractivity (Wildman–Crippen MR) is 206 cm³/mol. The molecule has 2 aromatic rings. The molecule has 4 bridgehead atoms. The van der Waals surface area contributed by atoms with Crippen molar-refractivity contribution in [3.05, 3.63) is 65.7 Å². The molecular weight excluding hydrogens is 729 g/mol. The minimum atomic E-state index is -1.33. The van der Waals surface area contributed by atoms with E-state index < -0.39 is 77.6 Å². The zero-order valence-electron chi connectivity index (χ0n) is 32.0. The Morgan fingerprint density at radius 2 is 1.73 bits per heavy atom. The Bertz CT molecular complexity index is 1720. The van der Waals surface area contributed by atoms with Crippen LogP contribution in [0.5, 0.6) is 5.75 Å². The zero-order valence-corrected chi connectivity index (χ0v) is 32.9. The lowest BCUT2D eigenvalue weighted by Gasteiger charge is -2.35. The molecule has 5 atom stereocenters. The van der Waals surface area contributed by atoms with Gasteiger partial charge in [0.2, 0.25) is 35.3 Å². The number of thiol groups is 1. The Morgan fingerprint density at radius 1 is 1.00 bits per heavy atom. The van der Waals surface area contributed by atoms with Crippen molar-refractivity contribution in [3.63, 3.8) is 0 Å². The monoisotopic (exact) mass is 780 g/mol. The molecule has 298 valence electrons. The van der Waals surface area contributed by atoms with Crippen molar-refractivity contribution in [1.82, 2.24) is 31.1 Å². The van der Waals surface area contributed by atoms with Crippen LogP contribution in [0.2, 0.25) is 0 Å². The van der Waals surface area contributed by atoms with Crippen molar-refractivity contribution >= 4 is 53.9 Å². The summed E-state index contributed by atoms with van der Waals surface area (Å²) in [5.41, 5.74) is 0.488. The van der Waals surface area contributed by atoms with Crippen LogP contribution in [0.1, 0.15) is 57.2 Å². The first kappa shape index (κ1) is 42.8. The number of ketones is 1. The van der Waals surface area contributed by atoms with E-state index in [9.17, 15) is 33.6 Å². The lowest BCUT2D eigenvalue weighted by Crippen LogP contribution is -2.59. The van der Waals surface area contributed by atoms with Crippen molar-refractivity contribution in [2.24, 2.45) is 5.41 Å². The highest BCUT2D eigenvalue weighted by molar-refractivity contribution is 7.80. The molecule has 1 fully saturated rings. The molecule has 55 heavy (non-hydrogen) atoms. The molecule has 1 unspecified atom stereocenters. The van der Waals surface area contributed by atoms with Gasteiger partial charge in [-0.2, -0.15) is 12.6 Å². The SMILES string of the molecule is CN(C)C(=O)[C@@H](NC(=O)CNC(=O)C(=O)C(CCS)NC(=O)[C@@H]1C[C@@H]2CN1C(=O)[C@H](C(C)(C)C)NC(=O)Cc1cccc(c1)OCCCO2)c1ccccc1. The molecule has 4 rings (SSSR count). The second kappa shape index (κ2) is 19.6. The van der Waals surface area contributed by atoms with Crippen LogP contribution in [-0.4, -0.2) is 121 Å². The number of carbonyl (C=O) groups excluding carboxylic acids is 7. The van der Waals surface area contributed by atoms with Crippen LogP contribution in [0.15, 0.2) is 54.6 Å². The molecule has 16 heteroatoms. The second-order valence-corrected chi connectivity index (χ2v) is 15.3. The van der Waals surface area contributed by atoms with Gasteiger partial charge in [-0.05, 0) is 40.8 Å². The first-order valence-electron chi connectivity index (χ1n) is 18.3. The van der Waals surface area contributed by atoms with E-state index in [1.165, 1.54) is 9.80 Å². The van der Waals surface area contributed by atoms with Gasteiger partial charge in [0.1, 0.15) is 23.9 Å². The largest absolute Gasteiger partial charge is 0.493 e. The van der Waals surface area contributed by atoms with Gasteiger partial charge < -0.3 is 40.5 Å². The molecule has 2 aliphatic rings. The standard InChI is InChI=1S/C39H52N6O9S/c1-39(2,3)34-38(52)45-23-27(54-17-10-16-53-26-14-9-11-24(19-26)20-30(46)43-34)21-29(45)35(49)41-28(15-18-55)33(48)36(50)40-22-31(47)42-32(37(51)44(4)5)25-12-7-6-8-13-25/h6-9,11-14,19,27-29,32,34,55H,10,15-18,20-23H2,1-5H3,(H,40,50)(H,41,49)(H,42,47)(H,43,46)/t27-,28?,29+,32+,34-/m1/s1. The molecule has 0 aliphatic carbocycles. The van der Waals surface area contributed by atoms with Gasteiger partial charge in [-0.1, -0.05) is 63.2 Å². The third-order valence-corrected chi connectivity index (χ3v) is 9.51. The molecule has 0 spiro atoms. The normalized spacial score (nSPS) is 20.3. The van der Waals surface area contributed by atoms with E-state index in [-0.39, 0.29) is 37.5 Å². The van der Waals surface area contributed by atoms with Crippen LogP contribution in [0.25, 0.3) is 0 Å². The number of amides is 6. The Morgan fingerprint density at radius 3 is 2.40 bits per heavy atom. The second-order valence-electron chi connectivity index (χ2n) is 14.9. The van der Waals surface area contributed by atoms with Crippen molar-refractivity contribution in [1.29, 1.82) is 0 Å². The first-order valence-corrected chi connectivity index (χ1v) is 18.9. The van der Waals surface area contributed by atoms with Gasteiger partial charge in [0.25, 0.3) is 5.91 Å². The maximum absolute atomic E-state index is 14.3. The molecule has 2 aliphatic heterocycles. The maximum Gasteiger partial charge on any atom is 0.290 e. The quantitative estimate of drug-likeness (QED) is 0.163. The number of likely N-dealkylation sites (N-methyl/N-ethyl adjacent to an activating group) is 1. The summed E-state index contributed by atoms with van der Waals surface area (Å²) in [5.74, 6) is -4.08. The number of fused-ring (bicyclic) bond motifs is 4. The smallest absolute Gasteiger partial charge is 0.290 e. The lowest BCUT2D eigenvalue weighted by atomic mass is 9.85. The average Bonchev–Trinajstić information content (AvgIpc) is 3.58. The maximum atomic E-state index is 14.3. The molecule has 2 heterocycles. The first-order chi connectivity index (χ1) is 26.1. The van der Waals surface area contributed by atoms with E-state index >= 15 is 0 Å². The van der Waals surface area contributed by atoms with Gasteiger partial charge in [0.05, 0.1) is 38.3 Å². The van der Waals surface area contributed by atoms with E-state index in [0.29, 0.717) is 36.5 Å². The number of hydrogen-bond acceptors (Lipinski definition) is 10. The molecule has 15 nitrogen and oxygen atoms in total. The minimum Gasteiger partial charge on any atom is -0.493 e. The van der Waals surface area contributed by atoms with Crippen molar-refractivity contribution < 1.29 is 43.0 Å². The topological polar surface area (TPSA) is 193 Å². The summed E-state index contributed by atoms with van der Waals surface area (Å²) in [6.45, 7) is 5.51. The van der Waals surface area contributed by atoms with Crippen molar-refractivity contribution in [2.75, 3.05) is 46.2 Å². The van der Waals surface area contributed by atoms with E-state index in [0.717, 1.165) is 0 Å². The van der Waals surface area contributed by atoms with E-state index in [1.54, 1.807) is 68.7 Å². The van der Waals surface area contributed by atoms with Gasteiger partial charge in [-0.15, -0.1) is 0 Å². The summed E-state index contributed by atoms with van der Waals surface area (Å²) in [5, 5.41) is 10.4. The number of ether oxygens (including phenoxy) is 2. The van der Waals surface area contributed by atoms with Crippen LogP contribution >= 0.6 is 12.6 Å². The Kier molecular flexibility index (Phi) is 15.2. The minimum absolute atomic E-state index is 0.00572. The summed E-state index contributed by atoms with van der Waals surface area (Å²) in [7, 11) is 3.10. The van der Waals surface area contributed by atoms with Crippen molar-refractivity contribution in [3.8, 4) is 5.75 Å². The summed E-state index contributed by atoms with van der Waals surface area (Å²) < 4.78 is 11.9. The molecule has 1 saturated heterocycles. The predicted octanol–water partition coefficient (Wildman–Crippen LogP) is 0.964.